The lowest BCUT2D eigenvalue weighted by Gasteiger charge is -2.29. The van der Waals surface area contributed by atoms with Gasteiger partial charge in [0.2, 0.25) is 11.8 Å². The van der Waals surface area contributed by atoms with Gasteiger partial charge < -0.3 is 15.0 Å². The van der Waals surface area contributed by atoms with Gasteiger partial charge in [-0.05, 0) is 42.2 Å². The number of carbonyl (C=O) groups is 2. The Kier molecular flexibility index (Phi) is 8.19. The number of methoxy groups -OCH3 is 1. The quantitative estimate of drug-likeness (QED) is 0.700. The van der Waals surface area contributed by atoms with E-state index in [1.54, 1.807) is 44.4 Å². The van der Waals surface area contributed by atoms with E-state index in [-0.39, 0.29) is 24.8 Å². The van der Waals surface area contributed by atoms with Gasteiger partial charge in [0.25, 0.3) is 0 Å². The van der Waals surface area contributed by atoms with E-state index in [1.165, 1.54) is 11.0 Å². The van der Waals surface area contributed by atoms with Gasteiger partial charge in [-0.1, -0.05) is 44.2 Å². The Morgan fingerprint density at radius 3 is 2.31 bits per heavy atom. The summed E-state index contributed by atoms with van der Waals surface area (Å²) in [4.78, 5) is 27.1. The predicted molar refractivity (Wildman–Crippen MR) is 111 cm³/mol. The lowest BCUT2D eigenvalue weighted by atomic mass is 10.1. The van der Waals surface area contributed by atoms with Crippen molar-refractivity contribution < 1.29 is 18.7 Å². The van der Waals surface area contributed by atoms with Crippen LogP contribution in [0.3, 0.4) is 0 Å². The smallest absolute Gasteiger partial charge is 0.242 e. The van der Waals surface area contributed by atoms with E-state index in [9.17, 15) is 14.0 Å². The summed E-state index contributed by atoms with van der Waals surface area (Å²) < 4.78 is 19.2. The average molecular weight is 400 g/mol. The van der Waals surface area contributed by atoms with Gasteiger partial charge in [-0.2, -0.15) is 0 Å². The molecular formula is C23H29FN2O3. The molecule has 6 heteroatoms. The minimum Gasteiger partial charge on any atom is -0.497 e. The first-order valence-electron chi connectivity index (χ1n) is 9.75. The number of amides is 2. The highest BCUT2D eigenvalue weighted by Gasteiger charge is 2.26. The maximum Gasteiger partial charge on any atom is 0.242 e. The zero-order chi connectivity index (χ0) is 21.4. The van der Waals surface area contributed by atoms with Crippen LogP contribution >= 0.6 is 0 Å². The molecule has 156 valence electrons. The van der Waals surface area contributed by atoms with Gasteiger partial charge in [0, 0.05) is 13.1 Å². The fraction of sp³-hybridized carbons (Fsp3) is 0.391. The molecule has 0 aromatic heterocycles. The third-order valence-corrected chi connectivity index (χ3v) is 4.66. The number of halogens is 1. The van der Waals surface area contributed by atoms with Crippen molar-refractivity contribution in [2.24, 2.45) is 5.92 Å². The van der Waals surface area contributed by atoms with Gasteiger partial charge in [0.1, 0.15) is 17.6 Å². The SMILES string of the molecule is COc1ccc(CN(C(=O)Cc2ccccc2F)[C@H](C)C(=O)NCC(C)C)cc1. The first-order valence-corrected chi connectivity index (χ1v) is 9.75. The number of ether oxygens (including phenoxy) is 1. The lowest BCUT2D eigenvalue weighted by molar-refractivity contribution is -0.140. The van der Waals surface area contributed by atoms with E-state index in [0.717, 1.165) is 5.56 Å². The molecule has 0 unspecified atom stereocenters. The van der Waals surface area contributed by atoms with Crippen molar-refractivity contribution in [3.8, 4) is 5.75 Å². The van der Waals surface area contributed by atoms with Crippen LogP contribution in [0.25, 0.3) is 0 Å². The molecule has 0 bridgehead atoms. The molecule has 2 aromatic rings. The molecule has 0 aliphatic rings. The Bertz CT molecular complexity index is 821. The van der Waals surface area contributed by atoms with Crippen molar-refractivity contribution in [3.63, 3.8) is 0 Å². The summed E-state index contributed by atoms with van der Waals surface area (Å²) in [6, 6.07) is 12.8. The van der Waals surface area contributed by atoms with Gasteiger partial charge in [-0.3, -0.25) is 9.59 Å². The Morgan fingerprint density at radius 2 is 1.72 bits per heavy atom. The first kappa shape index (κ1) is 22.4. The number of hydrogen-bond donors (Lipinski definition) is 1. The van der Waals surface area contributed by atoms with Crippen molar-refractivity contribution in [3.05, 3.63) is 65.5 Å². The van der Waals surface area contributed by atoms with Crippen LogP contribution in [0.1, 0.15) is 31.9 Å². The van der Waals surface area contributed by atoms with Crippen LogP contribution in [0.15, 0.2) is 48.5 Å². The highest BCUT2D eigenvalue weighted by molar-refractivity contribution is 5.88. The van der Waals surface area contributed by atoms with Gasteiger partial charge in [-0.25, -0.2) is 4.39 Å². The topological polar surface area (TPSA) is 58.6 Å². The standard InChI is InChI=1S/C23H29FN2O3/c1-16(2)14-25-23(28)17(3)26(15-18-9-11-20(29-4)12-10-18)22(27)13-19-7-5-6-8-21(19)24/h5-12,16-17H,13-15H2,1-4H3,(H,25,28)/t17-/m1/s1. The molecule has 5 nitrogen and oxygen atoms in total. The zero-order valence-electron chi connectivity index (χ0n) is 17.4. The van der Waals surface area contributed by atoms with Gasteiger partial charge in [0.15, 0.2) is 0 Å². The number of hydrogen-bond acceptors (Lipinski definition) is 3. The van der Waals surface area contributed by atoms with Gasteiger partial charge >= 0.3 is 0 Å². The number of nitrogens with one attached hydrogen (secondary N) is 1. The summed E-state index contributed by atoms with van der Waals surface area (Å²) in [7, 11) is 1.58. The van der Waals surface area contributed by atoms with E-state index in [1.807, 2.05) is 26.0 Å². The first-order chi connectivity index (χ1) is 13.8. The molecule has 2 rings (SSSR count). The maximum atomic E-state index is 14.0. The van der Waals surface area contributed by atoms with Gasteiger partial charge in [-0.15, -0.1) is 0 Å². The van der Waals surface area contributed by atoms with Crippen LogP contribution in [0.5, 0.6) is 5.75 Å². The Hall–Kier alpha value is -2.89. The molecule has 1 N–H and O–H groups in total. The summed E-state index contributed by atoms with van der Waals surface area (Å²) in [5, 5.41) is 2.87. The Balaban J connectivity index is 2.21. The molecular weight excluding hydrogens is 371 g/mol. The number of rotatable bonds is 9. The normalized spacial score (nSPS) is 11.8. The molecule has 0 saturated heterocycles. The summed E-state index contributed by atoms with van der Waals surface area (Å²) >= 11 is 0. The molecule has 0 aliphatic carbocycles. The minimum absolute atomic E-state index is 0.107. The van der Waals surface area contributed by atoms with E-state index in [4.69, 9.17) is 4.74 Å². The molecule has 2 aromatic carbocycles. The zero-order valence-corrected chi connectivity index (χ0v) is 17.4. The fourth-order valence-electron chi connectivity index (χ4n) is 2.87. The van der Waals surface area contributed by atoms with Crippen molar-refractivity contribution >= 4 is 11.8 Å². The van der Waals surface area contributed by atoms with Crippen molar-refractivity contribution in [2.45, 2.75) is 39.8 Å². The van der Waals surface area contributed by atoms with Crippen LogP contribution < -0.4 is 10.1 Å². The van der Waals surface area contributed by atoms with Crippen molar-refractivity contribution in [1.29, 1.82) is 0 Å². The summed E-state index contributed by atoms with van der Waals surface area (Å²) in [6.45, 7) is 6.47. The number of nitrogens with zero attached hydrogens (tertiary/aromatic N) is 1. The molecule has 1 atom stereocenters. The van der Waals surface area contributed by atoms with Crippen molar-refractivity contribution in [1.82, 2.24) is 10.2 Å². The molecule has 0 saturated carbocycles. The van der Waals surface area contributed by atoms with E-state index >= 15 is 0 Å². The van der Waals surface area contributed by atoms with Crippen LogP contribution in [0, 0.1) is 11.7 Å². The summed E-state index contributed by atoms with van der Waals surface area (Å²) in [6.07, 6.45) is -0.107. The van der Waals surface area contributed by atoms with Gasteiger partial charge in [0.05, 0.1) is 13.5 Å². The minimum atomic E-state index is -0.685. The second-order valence-electron chi connectivity index (χ2n) is 7.45. The second kappa shape index (κ2) is 10.6. The Morgan fingerprint density at radius 1 is 1.07 bits per heavy atom. The number of carbonyl (C=O) groups excluding carboxylic acids is 2. The molecule has 0 spiro atoms. The van der Waals surface area contributed by atoms with E-state index in [0.29, 0.717) is 23.8 Å². The molecule has 0 radical (unpaired) electrons. The lowest BCUT2D eigenvalue weighted by Crippen LogP contribution is -2.48. The predicted octanol–water partition coefficient (Wildman–Crippen LogP) is 3.57. The Labute approximate surface area is 171 Å². The van der Waals surface area contributed by atoms with Crippen LogP contribution in [-0.4, -0.2) is 36.4 Å². The monoisotopic (exact) mass is 400 g/mol. The fourth-order valence-corrected chi connectivity index (χ4v) is 2.87. The van der Waals surface area contributed by atoms with Crippen LogP contribution in [0.2, 0.25) is 0 Å². The van der Waals surface area contributed by atoms with E-state index in [2.05, 4.69) is 5.32 Å². The van der Waals surface area contributed by atoms with Crippen LogP contribution in [-0.2, 0) is 22.6 Å². The number of benzene rings is 2. The maximum absolute atomic E-state index is 14.0. The molecule has 29 heavy (non-hydrogen) atoms. The van der Waals surface area contributed by atoms with Crippen LogP contribution in [0.4, 0.5) is 4.39 Å². The average Bonchev–Trinajstić information content (AvgIpc) is 2.71. The van der Waals surface area contributed by atoms with Crippen molar-refractivity contribution in [2.75, 3.05) is 13.7 Å². The third kappa shape index (κ3) is 6.59. The molecule has 0 heterocycles. The largest absolute Gasteiger partial charge is 0.497 e. The van der Waals surface area contributed by atoms with E-state index < -0.39 is 11.9 Å². The summed E-state index contributed by atoms with van der Waals surface area (Å²) in [5.74, 6) is 0.0467. The highest BCUT2D eigenvalue weighted by Crippen LogP contribution is 2.17. The second-order valence-corrected chi connectivity index (χ2v) is 7.45. The highest BCUT2D eigenvalue weighted by atomic mass is 19.1. The summed E-state index contributed by atoms with van der Waals surface area (Å²) in [5.41, 5.74) is 1.17. The molecule has 0 aliphatic heterocycles. The molecule has 0 fully saturated rings. The molecule has 2 amide bonds. The third-order valence-electron chi connectivity index (χ3n) is 4.66.